The van der Waals surface area contributed by atoms with Crippen LogP contribution in [0.2, 0.25) is 0 Å². The van der Waals surface area contributed by atoms with E-state index in [1.54, 1.807) is 6.92 Å². The Kier molecular flexibility index (Phi) is 5.30. The average molecular weight is 295 g/mol. The van der Waals surface area contributed by atoms with Crippen LogP contribution in [-0.2, 0) is 4.79 Å². The van der Waals surface area contributed by atoms with E-state index in [0.29, 0.717) is 0 Å². The molecule has 0 unspecified atom stereocenters. The first-order valence-corrected chi connectivity index (χ1v) is 6.18. The summed E-state index contributed by atoms with van der Waals surface area (Å²) in [5.41, 5.74) is 8.91. The van der Waals surface area contributed by atoms with Gasteiger partial charge < -0.3 is 11.1 Å². The number of hydrogen-bond acceptors (Lipinski definition) is 3. The van der Waals surface area contributed by atoms with Gasteiger partial charge in [0.15, 0.2) is 0 Å². The first kappa shape index (κ1) is 16.2. The summed E-state index contributed by atoms with van der Waals surface area (Å²) >= 11 is 0. The monoisotopic (exact) mass is 294 g/mol. The Morgan fingerprint density at radius 3 is 2.45 bits per heavy atom. The lowest BCUT2D eigenvalue weighted by atomic mass is 10.2. The number of nitrogens with two attached hydrogens (primary N) is 1. The maximum atomic E-state index is 11.7. The molecule has 6 heteroatoms. The van der Waals surface area contributed by atoms with Crippen LogP contribution < -0.4 is 11.1 Å². The van der Waals surface area contributed by atoms with Crippen LogP contribution in [0, 0.1) is 13.8 Å². The Labute approximate surface area is 124 Å². The smallest absolute Gasteiger partial charge is 0.241 e. The molecular weight excluding hydrogens is 276 g/mol. The molecule has 1 heterocycles. The fourth-order valence-electron chi connectivity index (χ4n) is 1.88. The van der Waals surface area contributed by atoms with Gasteiger partial charge in [0.25, 0.3) is 0 Å². The van der Waals surface area contributed by atoms with E-state index < -0.39 is 6.04 Å². The van der Waals surface area contributed by atoms with Crippen LogP contribution in [-0.4, -0.2) is 21.7 Å². The molecule has 20 heavy (non-hydrogen) atoms. The van der Waals surface area contributed by atoms with Gasteiger partial charge in [0, 0.05) is 0 Å². The molecule has 3 N–H and O–H groups in total. The van der Waals surface area contributed by atoms with Crippen LogP contribution in [0.3, 0.4) is 0 Å². The minimum absolute atomic E-state index is 0. The fourth-order valence-corrected chi connectivity index (χ4v) is 1.88. The van der Waals surface area contributed by atoms with E-state index in [9.17, 15) is 4.79 Å². The lowest BCUT2D eigenvalue weighted by Gasteiger charge is -2.08. The highest BCUT2D eigenvalue weighted by Crippen LogP contribution is 2.22. The van der Waals surface area contributed by atoms with Crippen LogP contribution in [0.1, 0.15) is 18.3 Å². The number of rotatable bonds is 3. The lowest BCUT2D eigenvalue weighted by molar-refractivity contribution is -0.117. The minimum Gasteiger partial charge on any atom is -0.322 e. The molecule has 5 nitrogen and oxygen atoms in total. The Bertz CT molecular complexity index is 593. The molecule has 0 aliphatic heterocycles. The first-order valence-electron chi connectivity index (χ1n) is 6.18. The van der Waals surface area contributed by atoms with Gasteiger partial charge in [0.2, 0.25) is 5.91 Å². The third-order valence-electron chi connectivity index (χ3n) is 2.95. The van der Waals surface area contributed by atoms with Crippen molar-refractivity contribution in [3.8, 4) is 5.69 Å². The number of aromatic nitrogens is 2. The molecule has 1 atom stereocenters. The number of halogens is 1. The number of carbonyl (C=O) groups is 1. The van der Waals surface area contributed by atoms with E-state index in [4.69, 9.17) is 5.73 Å². The standard InChI is InChI=1S/C14H18N4O.ClH/c1-9(15)14(19)16-13-10(2)17-18(11(13)3)12-7-5-4-6-8-12;/h4-9H,15H2,1-3H3,(H,16,19);1H/t9-;/m0./s1. The second-order valence-corrected chi connectivity index (χ2v) is 4.57. The number of nitrogens with one attached hydrogen (secondary N) is 1. The lowest BCUT2D eigenvalue weighted by Crippen LogP contribution is -2.32. The minimum atomic E-state index is -0.543. The van der Waals surface area contributed by atoms with E-state index >= 15 is 0 Å². The molecule has 0 fully saturated rings. The van der Waals surface area contributed by atoms with Gasteiger partial charge in [-0.2, -0.15) is 5.10 Å². The molecule has 0 spiro atoms. The SMILES string of the molecule is Cc1nn(-c2ccccc2)c(C)c1NC(=O)[C@H](C)N.Cl. The normalized spacial score (nSPS) is 11.6. The van der Waals surface area contributed by atoms with Gasteiger partial charge in [-0.1, -0.05) is 18.2 Å². The third-order valence-corrected chi connectivity index (χ3v) is 2.95. The van der Waals surface area contributed by atoms with Crippen molar-refractivity contribution < 1.29 is 4.79 Å². The van der Waals surface area contributed by atoms with Crippen molar-refractivity contribution in [2.45, 2.75) is 26.8 Å². The zero-order chi connectivity index (χ0) is 14.0. The zero-order valence-electron chi connectivity index (χ0n) is 11.8. The van der Waals surface area contributed by atoms with E-state index in [-0.39, 0.29) is 18.3 Å². The van der Waals surface area contributed by atoms with E-state index in [0.717, 1.165) is 22.8 Å². The Hall–Kier alpha value is -1.85. The maximum absolute atomic E-state index is 11.7. The highest BCUT2D eigenvalue weighted by Gasteiger charge is 2.16. The molecule has 0 radical (unpaired) electrons. The summed E-state index contributed by atoms with van der Waals surface area (Å²) in [6.45, 7) is 5.44. The molecule has 0 saturated heterocycles. The third kappa shape index (κ3) is 3.18. The van der Waals surface area contributed by atoms with Crippen LogP contribution in [0.15, 0.2) is 30.3 Å². The predicted molar refractivity (Wildman–Crippen MR) is 82.6 cm³/mol. The van der Waals surface area contributed by atoms with Crippen molar-refractivity contribution in [3.05, 3.63) is 41.7 Å². The number of para-hydroxylation sites is 1. The van der Waals surface area contributed by atoms with E-state index in [2.05, 4.69) is 10.4 Å². The summed E-state index contributed by atoms with van der Waals surface area (Å²) < 4.78 is 1.81. The Balaban J connectivity index is 0.00000200. The molecular formula is C14H19ClN4O. The van der Waals surface area contributed by atoms with Crippen LogP contribution >= 0.6 is 12.4 Å². The number of carbonyl (C=O) groups excluding carboxylic acids is 1. The quantitative estimate of drug-likeness (QED) is 0.911. The molecule has 0 bridgehead atoms. The molecule has 1 amide bonds. The van der Waals surface area contributed by atoms with Gasteiger partial charge in [0.1, 0.15) is 0 Å². The summed E-state index contributed by atoms with van der Waals surface area (Å²) in [6.07, 6.45) is 0. The number of anilines is 1. The summed E-state index contributed by atoms with van der Waals surface area (Å²) in [5, 5.41) is 7.27. The molecule has 1 aromatic carbocycles. The van der Waals surface area contributed by atoms with Crippen molar-refractivity contribution in [1.29, 1.82) is 0 Å². The number of aryl methyl sites for hydroxylation is 1. The van der Waals surface area contributed by atoms with Gasteiger partial charge in [-0.15, -0.1) is 12.4 Å². The number of benzene rings is 1. The summed E-state index contributed by atoms with van der Waals surface area (Å²) in [5.74, 6) is -0.209. The maximum Gasteiger partial charge on any atom is 0.241 e. The molecule has 0 saturated carbocycles. The molecule has 1 aromatic heterocycles. The van der Waals surface area contributed by atoms with Gasteiger partial charge in [0.05, 0.1) is 28.8 Å². The van der Waals surface area contributed by atoms with E-state index in [1.165, 1.54) is 0 Å². The zero-order valence-corrected chi connectivity index (χ0v) is 12.6. The molecule has 2 rings (SSSR count). The second kappa shape index (κ2) is 6.54. The largest absolute Gasteiger partial charge is 0.322 e. The van der Waals surface area contributed by atoms with Gasteiger partial charge in [-0.3, -0.25) is 4.79 Å². The van der Waals surface area contributed by atoms with Crippen LogP contribution in [0.4, 0.5) is 5.69 Å². The first-order chi connectivity index (χ1) is 9.00. The van der Waals surface area contributed by atoms with Crippen molar-refractivity contribution in [1.82, 2.24) is 9.78 Å². The van der Waals surface area contributed by atoms with Gasteiger partial charge >= 0.3 is 0 Å². The fraction of sp³-hybridized carbons (Fsp3) is 0.286. The highest BCUT2D eigenvalue weighted by atomic mass is 35.5. The predicted octanol–water partition coefficient (Wildman–Crippen LogP) is 2.20. The summed E-state index contributed by atoms with van der Waals surface area (Å²) in [6, 6.07) is 9.25. The molecule has 0 aliphatic rings. The van der Waals surface area contributed by atoms with Crippen molar-refractivity contribution >= 4 is 24.0 Å². The van der Waals surface area contributed by atoms with Gasteiger partial charge in [-0.25, -0.2) is 4.68 Å². The number of hydrogen-bond donors (Lipinski definition) is 2. The van der Waals surface area contributed by atoms with Crippen LogP contribution in [0.5, 0.6) is 0 Å². The van der Waals surface area contributed by atoms with Crippen molar-refractivity contribution in [3.63, 3.8) is 0 Å². The summed E-state index contributed by atoms with van der Waals surface area (Å²) in [7, 11) is 0. The molecule has 0 aliphatic carbocycles. The second-order valence-electron chi connectivity index (χ2n) is 4.57. The Morgan fingerprint density at radius 2 is 1.90 bits per heavy atom. The van der Waals surface area contributed by atoms with Gasteiger partial charge in [-0.05, 0) is 32.9 Å². The van der Waals surface area contributed by atoms with Crippen molar-refractivity contribution in [2.24, 2.45) is 5.73 Å². The number of amides is 1. The van der Waals surface area contributed by atoms with E-state index in [1.807, 2.05) is 48.9 Å². The molecule has 108 valence electrons. The van der Waals surface area contributed by atoms with Crippen LogP contribution in [0.25, 0.3) is 5.69 Å². The number of nitrogens with zero attached hydrogens (tertiary/aromatic N) is 2. The highest BCUT2D eigenvalue weighted by molar-refractivity contribution is 5.95. The summed E-state index contributed by atoms with van der Waals surface area (Å²) in [4.78, 5) is 11.7. The topological polar surface area (TPSA) is 72.9 Å². The Morgan fingerprint density at radius 1 is 1.30 bits per heavy atom. The van der Waals surface area contributed by atoms with Crippen molar-refractivity contribution in [2.75, 3.05) is 5.32 Å². The molecule has 2 aromatic rings. The average Bonchev–Trinajstić information content (AvgIpc) is 2.67.